The molecule has 0 bridgehead atoms. The number of rotatable bonds is 6. The fourth-order valence-corrected chi connectivity index (χ4v) is 3.08. The van der Waals surface area contributed by atoms with E-state index in [0.717, 1.165) is 22.6 Å². The maximum Gasteiger partial charge on any atom is 0.253 e. The highest BCUT2D eigenvalue weighted by molar-refractivity contribution is 6.30. The molecule has 0 unspecified atom stereocenters. The number of amides is 1. The summed E-state index contributed by atoms with van der Waals surface area (Å²) in [5.41, 5.74) is 3.83. The van der Waals surface area contributed by atoms with Gasteiger partial charge in [-0.05, 0) is 55.0 Å². The van der Waals surface area contributed by atoms with Crippen molar-refractivity contribution in [2.45, 2.75) is 6.92 Å². The molecule has 1 amide bonds. The van der Waals surface area contributed by atoms with Crippen molar-refractivity contribution in [3.05, 3.63) is 76.7 Å². The molecule has 4 nitrogen and oxygen atoms in total. The first-order valence-electron chi connectivity index (χ1n) is 8.52. The van der Waals surface area contributed by atoms with Crippen molar-refractivity contribution in [2.24, 2.45) is 0 Å². The zero-order valence-corrected chi connectivity index (χ0v) is 15.9. The van der Waals surface area contributed by atoms with E-state index in [1.807, 2.05) is 29.7 Å². The quantitative estimate of drug-likeness (QED) is 0.628. The van der Waals surface area contributed by atoms with E-state index in [-0.39, 0.29) is 11.7 Å². The number of carbonyl (C=O) groups excluding carboxylic acids is 1. The molecule has 0 aliphatic rings. The molecule has 0 aliphatic carbocycles. The maximum absolute atomic E-state index is 13.4. The largest absolute Gasteiger partial charge is 0.383 e. The van der Waals surface area contributed by atoms with Crippen molar-refractivity contribution in [2.75, 3.05) is 20.3 Å². The second-order valence-electron chi connectivity index (χ2n) is 6.10. The van der Waals surface area contributed by atoms with Crippen LogP contribution in [0.15, 0.2) is 54.6 Å². The SMILES string of the molecule is COCCNC(=O)c1cc(-c2ccc(Cl)cc2)n(-c2ccc(F)cc2)c1C. The Hall–Kier alpha value is -2.63. The van der Waals surface area contributed by atoms with Crippen molar-refractivity contribution < 1.29 is 13.9 Å². The van der Waals surface area contributed by atoms with Gasteiger partial charge in [-0.2, -0.15) is 0 Å². The van der Waals surface area contributed by atoms with Gasteiger partial charge in [0.25, 0.3) is 5.91 Å². The van der Waals surface area contributed by atoms with Crippen LogP contribution in [0.25, 0.3) is 16.9 Å². The van der Waals surface area contributed by atoms with Crippen LogP contribution in [0.4, 0.5) is 4.39 Å². The van der Waals surface area contributed by atoms with Crippen LogP contribution in [-0.2, 0) is 4.74 Å². The van der Waals surface area contributed by atoms with Crippen molar-refractivity contribution in [1.82, 2.24) is 9.88 Å². The van der Waals surface area contributed by atoms with Gasteiger partial charge in [-0.15, -0.1) is 0 Å². The lowest BCUT2D eigenvalue weighted by Crippen LogP contribution is -2.27. The molecule has 3 aromatic rings. The molecule has 1 N–H and O–H groups in total. The number of halogens is 2. The molecule has 0 saturated heterocycles. The Morgan fingerprint density at radius 2 is 1.81 bits per heavy atom. The average Bonchev–Trinajstić information content (AvgIpc) is 3.00. The number of carbonyl (C=O) groups is 1. The van der Waals surface area contributed by atoms with E-state index in [2.05, 4.69) is 5.32 Å². The summed E-state index contributed by atoms with van der Waals surface area (Å²) in [5.74, 6) is -0.491. The normalized spacial score (nSPS) is 10.8. The number of benzene rings is 2. The van der Waals surface area contributed by atoms with Crippen molar-refractivity contribution >= 4 is 17.5 Å². The van der Waals surface area contributed by atoms with Gasteiger partial charge in [0.2, 0.25) is 0 Å². The summed E-state index contributed by atoms with van der Waals surface area (Å²) < 4.78 is 20.3. The smallest absolute Gasteiger partial charge is 0.253 e. The molecule has 27 heavy (non-hydrogen) atoms. The molecule has 2 aromatic carbocycles. The van der Waals surface area contributed by atoms with Crippen LogP contribution >= 0.6 is 11.6 Å². The number of aromatic nitrogens is 1. The fraction of sp³-hybridized carbons (Fsp3) is 0.190. The summed E-state index contributed by atoms with van der Waals surface area (Å²) >= 11 is 6.01. The van der Waals surface area contributed by atoms with E-state index >= 15 is 0 Å². The summed E-state index contributed by atoms with van der Waals surface area (Å²) in [4.78, 5) is 12.6. The van der Waals surface area contributed by atoms with Gasteiger partial charge >= 0.3 is 0 Å². The maximum atomic E-state index is 13.4. The number of nitrogens with one attached hydrogen (secondary N) is 1. The van der Waals surface area contributed by atoms with Crippen LogP contribution in [0.2, 0.25) is 5.02 Å². The lowest BCUT2D eigenvalue weighted by molar-refractivity contribution is 0.0936. The molecular formula is C21H20ClFN2O2. The van der Waals surface area contributed by atoms with E-state index < -0.39 is 0 Å². The highest BCUT2D eigenvalue weighted by atomic mass is 35.5. The molecule has 0 atom stereocenters. The van der Waals surface area contributed by atoms with Gasteiger partial charge in [0, 0.05) is 30.1 Å². The van der Waals surface area contributed by atoms with Crippen LogP contribution in [-0.4, -0.2) is 30.7 Å². The Morgan fingerprint density at radius 3 is 2.44 bits per heavy atom. The predicted molar refractivity (Wildman–Crippen MR) is 105 cm³/mol. The molecule has 0 saturated carbocycles. The number of ether oxygens (including phenoxy) is 1. The van der Waals surface area contributed by atoms with Crippen LogP contribution in [0.3, 0.4) is 0 Å². The third-order valence-electron chi connectivity index (χ3n) is 4.31. The Balaban J connectivity index is 2.09. The Labute approximate surface area is 162 Å². The molecule has 0 aliphatic heterocycles. The van der Waals surface area contributed by atoms with Gasteiger partial charge < -0.3 is 14.6 Å². The van der Waals surface area contributed by atoms with Crippen LogP contribution in [0.1, 0.15) is 16.1 Å². The zero-order valence-electron chi connectivity index (χ0n) is 15.1. The van der Waals surface area contributed by atoms with Crippen molar-refractivity contribution in [3.8, 4) is 16.9 Å². The third-order valence-corrected chi connectivity index (χ3v) is 4.56. The van der Waals surface area contributed by atoms with E-state index in [1.165, 1.54) is 12.1 Å². The van der Waals surface area contributed by atoms with Crippen molar-refractivity contribution in [3.63, 3.8) is 0 Å². The summed E-state index contributed by atoms with van der Waals surface area (Å²) in [6, 6.07) is 15.4. The van der Waals surface area contributed by atoms with E-state index in [4.69, 9.17) is 16.3 Å². The topological polar surface area (TPSA) is 43.3 Å². The summed E-state index contributed by atoms with van der Waals surface area (Å²) in [7, 11) is 1.58. The molecular weight excluding hydrogens is 367 g/mol. The zero-order chi connectivity index (χ0) is 19.4. The molecule has 0 fully saturated rings. The Bertz CT molecular complexity index is 934. The third kappa shape index (κ3) is 4.21. The van der Waals surface area contributed by atoms with Gasteiger partial charge in [-0.25, -0.2) is 4.39 Å². The standard InChI is InChI=1S/C21H20ClFN2O2/c1-14-19(21(26)24-11-12-27-2)13-20(15-3-5-16(22)6-4-15)25(14)18-9-7-17(23)8-10-18/h3-10,13H,11-12H2,1-2H3,(H,24,26). The van der Waals surface area contributed by atoms with Gasteiger partial charge in [0.05, 0.1) is 17.9 Å². The van der Waals surface area contributed by atoms with Crippen LogP contribution in [0, 0.1) is 12.7 Å². The number of hydrogen-bond donors (Lipinski definition) is 1. The van der Waals surface area contributed by atoms with Gasteiger partial charge in [-0.3, -0.25) is 4.79 Å². The highest BCUT2D eigenvalue weighted by Crippen LogP contribution is 2.30. The van der Waals surface area contributed by atoms with Crippen molar-refractivity contribution in [1.29, 1.82) is 0 Å². The molecule has 0 radical (unpaired) electrons. The first-order chi connectivity index (χ1) is 13.0. The Morgan fingerprint density at radius 1 is 1.15 bits per heavy atom. The van der Waals surface area contributed by atoms with E-state index in [9.17, 15) is 9.18 Å². The average molecular weight is 387 g/mol. The number of methoxy groups -OCH3 is 1. The van der Waals surface area contributed by atoms with Crippen LogP contribution in [0.5, 0.6) is 0 Å². The van der Waals surface area contributed by atoms with Crippen LogP contribution < -0.4 is 5.32 Å². The number of hydrogen-bond acceptors (Lipinski definition) is 2. The fourth-order valence-electron chi connectivity index (χ4n) is 2.95. The predicted octanol–water partition coefficient (Wildman–Crippen LogP) is 4.62. The first-order valence-corrected chi connectivity index (χ1v) is 8.90. The minimum absolute atomic E-state index is 0.180. The molecule has 140 valence electrons. The minimum atomic E-state index is -0.311. The summed E-state index contributed by atoms with van der Waals surface area (Å²) in [6.07, 6.45) is 0. The Kier molecular flexibility index (Phi) is 5.94. The molecule has 1 aromatic heterocycles. The van der Waals surface area contributed by atoms with Gasteiger partial charge in [-0.1, -0.05) is 23.7 Å². The highest BCUT2D eigenvalue weighted by Gasteiger charge is 2.19. The molecule has 1 heterocycles. The number of nitrogens with zero attached hydrogens (tertiary/aromatic N) is 1. The monoisotopic (exact) mass is 386 g/mol. The van der Waals surface area contributed by atoms with E-state index in [1.54, 1.807) is 31.4 Å². The summed E-state index contributed by atoms with van der Waals surface area (Å²) in [5, 5.41) is 3.48. The minimum Gasteiger partial charge on any atom is -0.383 e. The molecule has 0 spiro atoms. The lowest BCUT2D eigenvalue weighted by atomic mass is 10.1. The molecule has 6 heteroatoms. The second-order valence-corrected chi connectivity index (χ2v) is 6.53. The van der Waals surface area contributed by atoms with E-state index in [0.29, 0.717) is 23.7 Å². The first kappa shape index (κ1) is 19.1. The summed E-state index contributed by atoms with van der Waals surface area (Å²) in [6.45, 7) is 2.73. The van der Waals surface area contributed by atoms with Gasteiger partial charge in [0.1, 0.15) is 5.82 Å². The second kappa shape index (κ2) is 8.37. The van der Waals surface area contributed by atoms with Gasteiger partial charge in [0.15, 0.2) is 0 Å². The molecule has 3 rings (SSSR count). The lowest BCUT2D eigenvalue weighted by Gasteiger charge is -2.12.